The normalized spacial score (nSPS) is 54.5. The zero-order valence-electron chi connectivity index (χ0n) is 16.0. The lowest BCUT2D eigenvalue weighted by Gasteiger charge is -2.64. The average molecular weight is 350 g/mol. The molecule has 0 aromatic carbocycles. The molecule has 0 radical (unpaired) electrons. The highest BCUT2D eigenvalue weighted by molar-refractivity contribution is 5.77. The quantitative estimate of drug-likeness (QED) is 0.751. The minimum atomic E-state index is -0.422. The Morgan fingerprint density at radius 1 is 1.20 bits per heavy atom. The lowest BCUT2D eigenvalue weighted by Crippen LogP contribution is -2.61. The van der Waals surface area contributed by atoms with Crippen LogP contribution in [0.25, 0.3) is 0 Å². The molecule has 25 heavy (non-hydrogen) atoms. The summed E-state index contributed by atoms with van der Waals surface area (Å²) in [5, 5.41) is 21.0. The van der Waals surface area contributed by atoms with Crippen LogP contribution >= 0.6 is 0 Å². The molecule has 1 spiro atoms. The molecule has 8 atom stereocenters. The Balaban J connectivity index is 1.74. The molecule has 0 amide bonds. The molecular formula is C21H34O4. The molecule has 2 N–H and O–H groups in total. The number of carbonyl (C=O) groups excluding carboxylic acids is 1. The lowest BCUT2D eigenvalue weighted by atomic mass is 9.40. The summed E-state index contributed by atoms with van der Waals surface area (Å²) in [6.45, 7) is 4.70. The SMILES string of the molecule is COC(=O)[C@]1(C)CCC[C@@]2(C)C3[C@H](O)C[C@@H]4C[C@@]3(CCC21)C[C@@H]4CO. The summed E-state index contributed by atoms with van der Waals surface area (Å²) in [5.41, 5.74) is -0.252. The van der Waals surface area contributed by atoms with Crippen molar-refractivity contribution in [3.8, 4) is 0 Å². The van der Waals surface area contributed by atoms with E-state index in [2.05, 4.69) is 13.8 Å². The van der Waals surface area contributed by atoms with Gasteiger partial charge in [0.05, 0.1) is 18.6 Å². The first kappa shape index (κ1) is 17.8. The molecule has 4 aliphatic rings. The molecule has 4 rings (SSSR count). The second kappa shape index (κ2) is 5.69. The van der Waals surface area contributed by atoms with E-state index in [1.165, 1.54) is 7.11 Å². The van der Waals surface area contributed by atoms with Crippen LogP contribution < -0.4 is 0 Å². The molecule has 142 valence electrons. The highest BCUT2D eigenvalue weighted by Crippen LogP contribution is 2.72. The van der Waals surface area contributed by atoms with Crippen LogP contribution in [0.5, 0.6) is 0 Å². The van der Waals surface area contributed by atoms with Crippen molar-refractivity contribution >= 4 is 5.97 Å². The molecule has 4 nitrogen and oxygen atoms in total. The fourth-order valence-corrected chi connectivity index (χ4v) is 8.40. The molecule has 4 heteroatoms. The smallest absolute Gasteiger partial charge is 0.311 e. The van der Waals surface area contributed by atoms with Gasteiger partial charge in [-0.05, 0) is 86.4 Å². The number of esters is 1. The Hall–Kier alpha value is -0.610. The van der Waals surface area contributed by atoms with Gasteiger partial charge in [-0.15, -0.1) is 0 Å². The van der Waals surface area contributed by atoms with Crippen molar-refractivity contribution in [1.29, 1.82) is 0 Å². The number of aliphatic hydroxyl groups is 2. The molecule has 2 unspecified atom stereocenters. The second-order valence-electron chi connectivity index (χ2n) is 10.1. The van der Waals surface area contributed by atoms with Gasteiger partial charge >= 0.3 is 5.97 Å². The van der Waals surface area contributed by atoms with Gasteiger partial charge in [0, 0.05) is 6.61 Å². The maximum atomic E-state index is 12.7. The van der Waals surface area contributed by atoms with Gasteiger partial charge in [0.25, 0.3) is 0 Å². The van der Waals surface area contributed by atoms with Gasteiger partial charge in [-0.1, -0.05) is 13.3 Å². The van der Waals surface area contributed by atoms with E-state index in [0.717, 1.165) is 51.4 Å². The summed E-state index contributed by atoms with van der Waals surface area (Å²) in [7, 11) is 1.51. The lowest BCUT2D eigenvalue weighted by molar-refractivity contribution is -0.201. The number of rotatable bonds is 2. The number of hydrogen-bond acceptors (Lipinski definition) is 4. The largest absolute Gasteiger partial charge is 0.469 e. The van der Waals surface area contributed by atoms with Crippen LogP contribution in [0.1, 0.15) is 65.2 Å². The predicted octanol–water partition coefficient (Wildman–Crippen LogP) is 3.15. The summed E-state index contributed by atoms with van der Waals surface area (Å²) in [5.74, 6) is 1.32. The number of fused-ring (bicyclic) bond motifs is 3. The van der Waals surface area contributed by atoms with Gasteiger partial charge in [-0.2, -0.15) is 0 Å². The van der Waals surface area contributed by atoms with E-state index in [1.54, 1.807) is 0 Å². The Morgan fingerprint density at radius 3 is 2.64 bits per heavy atom. The van der Waals surface area contributed by atoms with Crippen LogP contribution in [-0.4, -0.2) is 36.0 Å². The minimum Gasteiger partial charge on any atom is -0.469 e. The van der Waals surface area contributed by atoms with E-state index in [-0.39, 0.29) is 41.3 Å². The molecule has 4 fully saturated rings. The van der Waals surface area contributed by atoms with Gasteiger partial charge in [0.2, 0.25) is 0 Å². The Kier molecular flexibility index (Phi) is 4.05. The van der Waals surface area contributed by atoms with Crippen molar-refractivity contribution in [3.05, 3.63) is 0 Å². The van der Waals surface area contributed by atoms with E-state index in [0.29, 0.717) is 11.8 Å². The molecule has 4 aliphatic carbocycles. The summed E-state index contributed by atoms with van der Waals surface area (Å²) in [6, 6.07) is 0. The van der Waals surface area contributed by atoms with E-state index in [9.17, 15) is 15.0 Å². The Bertz CT molecular complexity index is 562. The molecule has 2 bridgehead atoms. The number of carbonyl (C=O) groups is 1. The van der Waals surface area contributed by atoms with Crippen LogP contribution in [0.3, 0.4) is 0 Å². The standard InChI is InChI=1S/C21H34O4/c1-19-6-4-7-20(2,18(24)25-3)16(19)5-8-21-10-13(14(11-21)12-22)9-15(23)17(19)21/h13-17,22-23H,4-12H2,1-3H3/t13-,14-,15-,16?,17?,19-,20-,21+/m1/s1. The maximum absolute atomic E-state index is 12.7. The van der Waals surface area contributed by atoms with E-state index < -0.39 is 5.41 Å². The minimum absolute atomic E-state index is 0.00578. The summed E-state index contributed by atoms with van der Waals surface area (Å²) in [4.78, 5) is 12.7. The first-order valence-corrected chi connectivity index (χ1v) is 10.2. The molecule has 0 heterocycles. The third-order valence-corrected chi connectivity index (χ3v) is 9.10. The highest BCUT2D eigenvalue weighted by Gasteiger charge is 2.68. The maximum Gasteiger partial charge on any atom is 0.311 e. The van der Waals surface area contributed by atoms with Crippen LogP contribution in [0.4, 0.5) is 0 Å². The molecule has 4 saturated carbocycles. The first-order valence-electron chi connectivity index (χ1n) is 10.2. The van der Waals surface area contributed by atoms with Crippen molar-refractivity contribution in [2.24, 2.45) is 39.9 Å². The van der Waals surface area contributed by atoms with Gasteiger partial charge in [-0.25, -0.2) is 0 Å². The zero-order chi connectivity index (χ0) is 18.0. The summed E-state index contributed by atoms with van der Waals surface area (Å²) < 4.78 is 5.21. The Morgan fingerprint density at radius 2 is 1.96 bits per heavy atom. The van der Waals surface area contributed by atoms with Crippen LogP contribution in [0.15, 0.2) is 0 Å². The highest BCUT2D eigenvalue weighted by atomic mass is 16.5. The van der Waals surface area contributed by atoms with Crippen LogP contribution in [0, 0.1) is 39.9 Å². The number of hydrogen-bond donors (Lipinski definition) is 2. The van der Waals surface area contributed by atoms with Crippen molar-refractivity contribution in [2.45, 2.75) is 71.3 Å². The fraction of sp³-hybridized carbons (Fsp3) is 0.952. The number of aliphatic hydroxyl groups excluding tert-OH is 2. The van der Waals surface area contributed by atoms with Gasteiger partial charge in [-0.3, -0.25) is 4.79 Å². The number of methoxy groups -OCH3 is 1. The van der Waals surface area contributed by atoms with E-state index >= 15 is 0 Å². The molecule has 0 saturated heterocycles. The average Bonchev–Trinajstić information content (AvgIpc) is 2.84. The van der Waals surface area contributed by atoms with Crippen molar-refractivity contribution < 1.29 is 19.7 Å². The summed E-state index contributed by atoms with van der Waals surface area (Å²) >= 11 is 0. The van der Waals surface area contributed by atoms with Gasteiger partial charge in [0.1, 0.15) is 0 Å². The van der Waals surface area contributed by atoms with Crippen molar-refractivity contribution in [3.63, 3.8) is 0 Å². The van der Waals surface area contributed by atoms with Gasteiger partial charge < -0.3 is 14.9 Å². The van der Waals surface area contributed by atoms with Crippen LogP contribution in [0.2, 0.25) is 0 Å². The van der Waals surface area contributed by atoms with Crippen molar-refractivity contribution in [2.75, 3.05) is 13.7 Å². The molecule has 0 aliphatic heterocycles. The topological polar surface area (TPSA) is 66.8 Å². The van der Waals surface area contributed by atoms with E-state index in [4.69, 9.17) is 4.74 Å². The monoisotopic (exact) mass is 350 g/mol. The fourth-order valence-electron chi connectivity index (χ4n) is 8.40. The number of ether oxygens (including phenoxy) is 1. The molecule has 0 aromatic rings. The van der Waals surface area contributed by atoms with Crippen LogP contribution in [-0.2, 0) is 9.53 Å². The molecule has 0 aromatic heterocycles. The Labute approximate surface area is 151 Å². The van der Waals surface area contributed by atoms with Crippen molar-refractivity contribution in [1.82, 2.24) is 0 Å². The predicted molar refractivity (Wildman–Crippen MR) is 94.7 cm³/mol. The molecular weight excluding hydrogens is 316 g/mol. The summed E-state index contributed by atoms with van der Waals surface area (Å²) in [6.07, 6.45) is 7.94. The van der Waals surface area contributed by atoms with Gasteiger partial charge in [0.15, 0.2) is 0 Å². The third kappa shape index (κ3) is 2.22. The first-order chi connectivity index (χ1) is 11.8. The second-order valence-corrected chi connectivity index (χ2v) is 10.1. The zero-order valence-corrected chi connectivity index (χ0v) is 16.0. The van der Waals surface area contributed by atoms with E-state index in [1.807, 2.05) is 0 Å². The third-order valence-electron chi connectivity index (χ3n) is 9.10.